The van der Waals surface area contributed by atoms with E-state index in [0.717, 1.165) is 23.9 Å². The number of ether oxygens (including phenoxy) is 1. The monoisotopic (exact) mass is 351 g/mol. The minimum Gasteiger partial charge on any atom is -0.383 e. The molecule has 4 atom stereocenters. The first-order valence-corrected chi connectivity index (χ1v) is 9.59. The molecule has 2 aliphatic rings. The van der Waals surface area contributed by atoms with Crippen LogP contribution in [0.4, 0.5) is 0 Å². The third kappa shape index (κ3) is 3.19. The summed E-state index contributed by atoms with van der Waals surface area (Å²) < 4.78 is 5.96. The van der Waals surface area contributed by atoms with Gasteiger partial charge in [0, 0.05) is 35.9 Å². The largest absolute Gasteiger partial charge is 0.383 e. The van der Waals surface area contributed by atoms with Gasteiger partial charge in [0.05, 0.1) is 12.6 Å². The summed E-state index contributed by atoms with van der Waals surface area (Å²) in [4.78, 5) is 5.30. The summed E-state index contributed by atoms with van der Waals surface area (Å²) in [5.41, 5.74) is -0.809. The zero-order valence-corrected chi connectivity index (χ0v) is 15.8. The molecule has 3 rings (SSSR count). The van der Waals surface area contributed by atoms with Crippen LogP contribution in [-0.4, -0.2) is 43.4 Å². The molecule has 1 aromatic heterocycles. The average Bonchev–Trinajstić information content (AvgIpc) is 3.10. The van der Waals surface area contributed by atoms with E-state index in [4.69, 9.17) is 4.74 Å². The number of thiophene rings is 1. The molecular weight excluding hydrogens is 322 g/mol. The number of nitrogens with zero attached hydrogens (tertiary/aromatic N) is 1. The van der Waals surface area contributed by atoms with Crippen LogP contribution in [-0.2, 0) is 10.3 Å². The lowest BCUT2D eigenvalue weighted by Gasteiger charge is -2.60. The number of hydrogen-bond donors (Lipinski definition) is 3. The van der Waals surface area contributed by atoms with Crippen LogP contribution in [0.1, 0.15) is 38.5 Å². The predicted molar refractivity (Wildman–Crippen MR) is 98.4 cm³/mol. The fourth-order valence-electron chi connectivity index (χ4n) is 4.09. The summed E-state index contributed by atoms with van der Waals surface area (Å²) in [5, 5.41) is 19.5. The van der Waals surface area contributed by atoms with Crippen LogP contribution < -0.4 is 10.6 Å². The molecule has 0 radical (unpaired) electrons. The number of guanidine groups is 1. The zero-order chi connectivity index (χ0) is 17.4. The molecule has 1 aliphatic heterocycles. The van der Waals surface area contributed by atoms with Crippen molar-refractivity contribution in [2.24, 2.45) is 16.3 Å². The Balaban J connectivity index is 1.59. The van der Waals surface area contributed by atoms with Crippen LogP contribution in [0.5, 0.6) is 0 Å². The van der Waals surface area contributed by atoms with E-state index in [0.29, 0.717) is 24.6 Å². The Morgan fingerprint density at radius 2 is 2.33 bits per heavy atom. The lowest BCUT2D eigenvalue weighted by atomic mass is 9.55. The van der Waals surface area contributed by atoms with Gasteiger partial charge in [0.15, 0.2) is 5.96 Å². The molecule has 24 heavy (non-hydrogen) atoms. The number of hydrogen-bond acceptors (Lipinski definition) is 4. The lowest BCUT2D eigenvalue weighted by Crippen LogP contribution is -2.71. The summed E-state index contributed by atoms with van der Waals surface area (Å²) in [6.45, 7) is 7.65. The van der Waals surface area contributed by atoms with Gasteiger partial charge in [0.2, 0.25) is 0 Å². The molecule has 0 spiro atoms. The summed E-state index contributed by atoms with van der Waals surface area (Å²) >= 11 is 1.57. The molecule has 0 aromatic carbocycles. The molecule has 3 N–H and O–H groups in total. The number of fused-ring (bicyclic) bond motifs is 1. The van der Waals surface area contributed by atoms with Gasteiger partial charge < -0.3 is 20.5 Å². The fraction of sp³-hybridized carbons (Fsp3) is 0.722. The Morgan fingerprint density at radius 3 is 3.00 bits per heavy atom. The molecule has 4 unspecified atom stereocenters. The minimum atomic E-state index is -0.905. The molecule has 0 amide bonds. The van der Waals surface area contributed by atoms with Crippen molar-refractivity contribution in [3.63, 3.8) is 0 Å². The van der Waals surface area contributed by atoms with E-state index in [9.17, 15) is 5.11 Å². The first-order chi connectivity index (χ1) is 11.4. The summed E-state index contributed by atoms with van der Waals surface area (Å²) in [6, 6.07) is 4.27. The standard InChI is InChI=1S/C18H29N3O2S/c1-17(2)14(12-7-5-9-23-15(12)17)21-16(19-4)20-11-18(3,22)13-8-6-10-24-13/h6,8,10,12,14-15,22H,5,7,9,11H2,1-4H3,(H2,19,20,21). The zero-order valence-electron chi connectivity index (χ0n) is 15.0. The Hall–Kier alpha value is -1.11. The molecule has 0 bridgehead atoms. The van der Waals surface area contributed by atoms with Gasteiger partial charge in [0.25, 0.3) is 0 Å². The Kier molecular flexibility index (Phi) is 4.91. The molecule has 134 valence electrons. The molecular formula is C18H29N3O2S. The van der Waals surface area contributed by atoms with Crippen molar-refractivity contribution in [3.8, 4) is 0 Å². The molecule has 2 heterocycles. The van der Waals surface area contributed by atoms with E-state index in [1.165, 1.54) is 6.42 Å². The fourth-order valence-corrected chi connectivity index (χ4v) is 4.87. The van der Waals surface area contributed by atoms with E-state index in [-0.39, 0.29) is 5.41 Å². The maximum absolute atomic E-state index is 10.7. The third-order valence-corrected chi connectivity index (χ3v) is 6.62. The van der Waals surface area contributed by atoms with Crippen LogP contribution in [0.15, 0.2) is 22.5 Å². The highest BCUT2D eigenvalue weighted by atomic mass is 32.1. The second-order valence-electron chi connectivity index (χ2n) is 7.72. The highest BCUT2D eigenvalue weighted by Crippen LogP contribution is 2.51. The Bertz CT molecular complexity index is 583. The van der Waals surface area contributed by atoms with E-state index in [1.807, 2.05) is 24.4 Å². The van der Waals surface area contributed by atoms with Crippen molar-refractivity contribution in [2.45, 2.75) is 51.4 Å². The molecule has 2 fully saturated rings. The van der Waals surface area contributed by atoms with Crippen molar-refractivity contribution >= 4 is 17.3 Å². The van der Waals surface area contributed by atoms with Crippen LogP contribution in [0.2, 0.25) is 0 Å². The van der Waals surface area contributed by atoms with Crippen molar-refractivity contribution in [3.05, 3.63) is 22.4 Å². The van der Waals surface area contributed by atoms with Gasteiger partial charge in [-0.15, -0.1) is 11.3 Å². The van der Waals surface area contributed by atoms with Crippen molar-refractivity contribution in [2.75, 3.05) is 20.2 Å². The van der Waals surface area contributed by atoms with Crippen molar-refractivity contribution in [1.29, 1.82) is 0 Å². The van der Waals surface area contributed by atoms with Crippen LogP contribution in [0.25, 0.3) is 0 Å². The minimum absolute atomic E-state index is 0.0962. The Labute approximate surface area is 148 Å². The number of aliphatic hydroxyl groups is 1. The molecule has 1 saturated carbocycles. The maximum atomic E-state index is 10.7. The quantitative estimate of drug-likeness (QED) is 0.575. The summed E-state index contributed by atoms with van der Waals surface area (Å²) in [6.07, 6.45) is 2.68. The molecule has 5 nitrogen and oxygen atoms in total. The smallest absolute Gasteiger partial charge is 0.191 e. The topological polar surface area (TPSA) is 65.9 Å². The Morgan fingerprint density at radius 1 is 1.54 bits per heavy atom. The van der Waals surface area contributed by atoms with Gasteiger partial charge in [0.1, 0.15) is 5.60 Å². The van der Waals surface area contributed by atoms with Gasteiger partial charge in [-0.2, -0.15) is 0 Å². The maximum Gasteiger partial charge on any atom is 0.191 e. The predicted octanol–water partition coefficient (Wildman–Crippen LogP) is 2.32. The van der Waals surface area contributed by atoms with Crippen molar-refractivity contribution < 1.29 is 9.84 Å². The average molecular weight is 352 g/mol. The van der Waals surface area contributed by atoms with E-state index >= 15 is 0 Å². The SMILES string of the molecule is CN=C(NCC(C)(O)c1cccs1)NC1C2CCCOC2C1(C)C. The lowest BCUT2D eigenvalue weighted by molar-refractivity contribution is -0.188. The van der Waals surface area contributed by atoms with Gasteiger partial charge in [-0.05, 0) is 31.2 Å². The van der Waals surface area contributed by atoms with Crippen LogP contribution in [0, 0.1) is 11.3 Å². The van der Waals surface area contributed by atoms with E-state index in [2.05, 4.69) is 29.5 Å². The van der Waals surface area contributed by atoms with Gasteiger partial charge in [-0.25, -0.2) is 0 Å². The highest BCUT2D eigenvalue weighted by molar-refractivity contribution is 7.10. The molecule has 1 saturated heterocycles. The highest BCUT2D eigenvalue weighted by Gasteiger charge is 2.58. The normalized spacial score (nSPS) is 31.5. The number of nitrogens with one attached hydrogen (secondary N) is 2. The third-order valence-electron chi connectivity index (χ3n) is 5.50. The first kappa shape index (κ1) is 17.7. The first-order valence-electron chi connectivity index (χ1n) is 8.71. The van der Waals surface area contributed by atoms with Crippen LogP contribution >= 0.6 is 11.3 Å². The van der Waals surface area contributed by atoms with E-state index in [1.54, 1.807) is 18.4 Å². The van der Waals surface area contributed by atoms with Gasteiger partial charge >= 0.3 is 0 Å². The second kappa shape index (κ2) is 6.65. The second-order valence-corrected chi connectivity index (χ2v) is 8.67. The number of rotatable bonds is 4. The molecule has 1 aromatic rings. The summed E-state index contributed by atoms with van der Waals surface area (Å²) in [5.74, 6) is 1.29. The summed E-state index contributed by atoms with van der Waals surface area (Å²) in [7, 11) is 1.77. The van der Waals surface area contributed by atoms with Crippen LogP contribution in [0.3, 0.4) is 0 Å². The van der Waals surface area contributed by atoms with E-state index < -0.39 is 5.60 Å². The van der Waals surface area contributed by atoms with Crippen molar-refractivity contribution in [1.82, 2.24) is 10.6 Å². The molecule has 1 aliphatic carbocycles. The molecule has 6 heteroatoms. The number of aliphatic imine (C=N–C) groups is 1. The van der Waals surface area contributed by atoms with Gasteiger partial charge in [-0.1, -0.05) is 19.9 Å². The van der Waals surface area contributed by atoms with Gasteiger partial charge in [-0.3, -0.25) is 4.99 Å².